The summed E-state index contributed by atoms with van der Waals surface area (Å²) in [6.07, 6.45) is -0.354. The number of esters is 7. The van der Waals surface area contributed by atoms with Gasteiger partial charge in [0.25, 0.3) is 0 Å². The molecule has 3 aromatic carbocycles. The van der Waals surface area contributed by atoms with Gasteiger partial charge in [-0.2, -0.15) is 5.26 Å². The van der Waals surface area contributed by atoms with Crippen molar-refractivity contribution in [3.63, 3.8) is 0 Å². The highest BCUT2D eigenvalue weighted by molar-refractivity contribution is 7.48. The van der Waals surface area contributed by atoms with Gasteiger partial charge in [0.05, 0.1) is 39.4 Å². The Hall–Kier alpha value is -7.58. The Morgan fingerprint density at radius 3 is 1.99 bits per heavy atom. The predicted molar refractivity (Wildman–Crippen MR) is 318 cm³/mol. The highest BCUT2D eigenvalue weighted by Crippen LogP contribution is 2.70. The van der Waals surface area contributed by atoms with Crippen LogP contribution in [0.1, 0.15) is 167 Å². The number of carbonyl (C=O) groups is 8. The van der Waals surface area contributed by atoms with Crippen molar-refractivity contribution in [3.8, 4) is 46.3 Å². The highest BCUT2D eigenvalue weighted by atomic mass is 31.2. The maximum absolute atomic E-state index is 14.8. The quantitative estimate of drug-likeness (QED) is 0.0297. The fourth-order valence-corrected chi connectivity index (χ4v) is 16.8. The van der Waals surface area contributed by atoms with E-state index in [0.29, 0.717) is 37.7 Å². The Bertz CT molecular complexity index is 3400. The predicted octanol–water partition coefficient (Wildman–Crippen LogP) is 10.8. The van der Waals surface area contributed by atoms with Gasteiger partial charge in [-0.15, -0.1) is 0 Å². The Kier molecular flexibility index (Phi) is 20.9. The van der Waals surface area contributed by atoms with Crippen LogP contribution >= 0.6 is 7.82 Å². The Balaban J connectivity index is 0.946. The number of ketones is 1. The number of methoxy groups -OCH3 is 1. The summed E-state index contributed by atoms with van der Waals surface area (Å²) < 4.78 is 98.0. The number of fused-ring (bicyclic) bond motifs is 7. The minimum Gasteiger partial charge on any atom is -0.493 e. The van der Waals surface area contributed by atoms with Crippen molar-refractivity contribution >= 4 is 55.4 Å². The van der Waals surface area contributed by atoms with Crippen molar-refractivity contribution in [1.29, 1.82) is 5.26 Å². The number of carbonyl (C=O) groups excluding carboxylic acids is 8. The molecule has 25 heteroatoms. The van der Waals surface area contributed by atoms with Crippen molar-refractivity contribution in [1.82, 2.24) is 0 Å². The SMILES string of the molecule is COc1cc(C2Oc3cc([C@H]4Oc5cc(OC(C)=O)cc(OC(C)=O)c5C(=O)[C@@H]4OC(C)=O)ccc3OC2COP(=O)(OCCC#N)OCCC[C@@H](C)[C@H]2CC[C@H]3[C@@H]4[C@H](OC(C)=O)C[C@@H]5C[C@H](OC(C)=O)CC[C@]5(C)[C@H]4C[C@H](OC(C)=O)[C@]23C)ccc1OC(C)=O. The van der Waals surface area contributed by atoms with E-state index in [0.717, 1.165) is 52.5 Å². The van der Waals surface area contributed by atoms with Crippen LogP contribution in [0.2, 0.25) is 0 Å². The Labute approximate surface area is 528 Å². The second-order valence-corrected chi connectivity index (χ2v) is 26.7. The van der Waals surface area contributed by atoms with Crippen molar-refractivity contribution in [3.05, 3.63) is 65.2 Å². The van der Waals surface area contributed by atoms with Crippen LogP contribution in [-0.4, -0.2) is 105 Å². The van der Waals surface area contributed by atoms with E-state index in [-0.39, 0.29) is 142 Å². The van der Waals surface area contributed by atoms with Crippen LogP contribution in [0.5, 0.6) is 40.2 Å². The van der Waals surface area contributed by atoms with Gasteiger partial charge < -0.3 is 52.1 Å². The first-order chi connectivity index (χ1) is 43.1. The van der Waals surface area contributed by atoms with Crippen molar-refractivity contribution in [2.45, 2.75) is 176 Å². The molecule has 9 rings (SSSR count). The number of phosphoric acid groups is 1. The van der Waals surface area contributed by atoms with E-state index in [4.69, 9.17) is 65.7 Å². The second kappa shape index (κ2) is 28.1. The number of hydrogen-bond acceptors (Lipinski definition) is 24. The number of phosphoric ester groups is 1. The molecule has 4 fully saturated rings. The van der Waals surface area contributed by atoms with Gasteiger partial charge in [0.2, 0.25) is 11.9 Å². The fourth-order valence-electron chi connectivity index (χ4n) is 15.6. The van der Waals surface area contributed by atoms with Crippen molar-refractivity contribution in [2.24, 2.45) is 46.3 Å². The first-order valence-electron chi connectivity index (χ1n) is 30.8. The molecule has 6 aliphatic rings. The molecule has 0 amide bonds. The third-order valence-corrected chi connectivity index (χ3v) is 20.6. The highest BCUT2D eigenvalue weighted by Gasteiger charge is 2.68. The molecule has 3 unspecified atom stereocenters. The normalized spacial score (nSPS) is 29.5. The van der Waals surface area contributed by atoms with Gasteiger partial charge >= 0.3 is 49.6 Å². The standard InChI is InChI=1S/C66H80NO23P/c1-34(47-17-18-48-59-49(32-58(66(47,48)10)86-40(7)73)65(9)22-21-45(81-35(2)68)28-44(65)29-54(59)84-38(5)71)14-12-24-78-91(76,79-25-13-23-67)80-33-57-62(42-15-19-50(83-37(4)70)52(26-42)77-11)89-53-27-43(16-20-51(53)88-57)63-64(87-41(8)74)61(75)60-55(85-39(6)72)30-46(82-36(3)69)31-56(60)90-63/h15-16,19-20,26-27,30-31,34,44-45,47-49,54,57-59,62-64H,12-14,17-18,21-22,24-25,28-29,32-33H2,1-11H3/t34-,44+,45-,47-,48+,49+,54-,57?,58+,59+,62?,63-,64+,65+,66-,91?/m1/s1. The lowest BCUT2D eigenvalue weighted by molar-refractivity contribution is -0.224. The van der Waals surface area contributed by atoms with E-state index in [1.54, 1.807) is 12.1 Å². The molecular formula is C66H80NO23P. The third kappa shape index (κ3) is 14.9. The Morgan fingerprint density at radius 1 is 0.659 bits per heavy atom. The summed E-state index contributed by atoms with van der Waals surface area (Å²) in [5.41, 5.74) is -0.301. The van der Waals surface area contributed by atoms with E-state index < -0.39 is 80.0 Å². The minimum absolute atomic E-state index is 0.00719. The molecule has 3 aromatic rings. The molecule has 4 saturated carbocycles. The zero-order valence-corrected chi connectivity index (χ0v) is 54.0. The summed E-state index contributed by atoms with van der Waals surface area (Å²) in [5.74, 6) is -4.59. The molecule has 492 valence electrons. The topological polar surface area (TPSA) is 307 Å². The molecule has 0 saturated heterocycles. The maximum Gasteiger partial charge on any atom is 0.474 e. The van der Waals surface area contributed by atoms with Gasteiger partial charge in [-0.3, -0.25) is 51.9 Å². The summed E-state index contributed by atoms with van der Waals surface area (Å²) >= 11 is 0. The molecule has 2 heterocycles. The summed E-state index contributed by atoms with van der Waals surface area (Å²) in [7, 11) is -3.14. The van der Waals surface area contributed by atoms with Crippen LogP contribution in [0.4, 0.5) is 0 Å². The molecule has 4 aliphatic carbocycles. The van der Waals surface area contributed by atoms with E-state index in [9.17, 15) is 48.2 Å². The molecule has 16 atom stereocenters. The number of benzene rings is 3. The minimum atomic E-state index is -4.51. The smallest absolute Gasteiger partial charge is 0.474 e. The molecule has 24 nitrogen and oxygen atoms in total. The van der Waals surface area contributed by atoms with Crippen LogP contribution < -0.4 is 33.2 Å². The van der Waals surface area contributed by atoms with Gasteiger partial charge in [0.15, 0.2) is 41.3 Å². The second-order valence-electron chi connectivity index (χ2n) is 25.0. The lowest BCUT2D eigenvalue weighted by atomic mass is 9.43. The van der Waals surface area contributed by atoms with Gasteiger partial charge in [-0.05, 0) is 117 Å². The summed E-state index contributed by atoms with van der Waals surface area (Å²) in [4.78, 5) is 101. The van der Waals surface area contributed by atoms with E-state index in [2.05, 4.69) is 20.8 Å². The van der Waals surface area contributed by atoms with Gasteiger partial charge in [0, 0.05) is 83.1 Å². The van der Waals surface area contributed by atoms with E-state index in [1.807, 2.05) is 6.07 Å². The molecule has 0 radical (unpaired) electrons. The number of ether oxygens (including phenoxy) is 11. The van der Waals surface area contributed by atoms with Crippen molar-refractivity contribution < 1.29 is 109 Å². The average Bonchev–Trinajstić information content (AvgIpc) is 1.69. The van der Waals surface area contributed by atoms with Crippen molar-refractivity contribution in [2.75, 3.05) is 26.9 Å². The molecule has 0 aromatic heterocycles. The molecule has 91 heavy (non-hydrogen) atoms. The molecule has 0 N–H and O–H groups in total. The largest absolute Gasteiger partial charge is 0.493 e. The van der Waals surface area contributed by atoms with E-state index in [1.165, 1.54) is 65.1 Å². The lowest BCUT2D eigenvalue weighted by Crippen LogP contribution is -2.63. The molecular weight excluding hydrogens is 1210 g/mol. The first-order valence-corrected chi connectivity index (χ1v) is 32.3. The van der Waals surface area contributed by atoms with Crippen LogP contribution in [0.3, 0.4) is 0 Å². The molecule has 0 bridgehead atoms. The van der Waals surface area contributed by atoms with Crippen LogP contribution in [-0.2, 0) is 70.6 Å². The van der Waals surface area contributed by atoms with Gasteiger partial charge in [-0.1, -0.05) is 32.9 Å². The third-order valence-electron chi connectivity index (χ3n) is 19.1. The number of nitriles is 1. The molecule has 0 spiro atoms. The van der Waals surface area contributed by atoms with Gasteiger partial charge in [0.1, 0.15) is 41.1 Å². The fraction of sp³-hybridized carbons (Fsp3) is 0.591. The summed E-state index contributed by atoms with van der Waals surface area (Å²) in [6.45, 7) is 14.7. The van der Waals surface area contributed by atoms with Crippen LogP contribution in [0.15, 0.2) is 48.5 Å². The van der Waals surface area contributed by atoms with Crippen LogP contribution in [0, 0.1) is 57.7 Å². The first kappa shape index (κ1) is 67.8. The molecule has 2 aliphatic heterocycles. The monoisotopic (exact) mass is 1290 g/mol. The number of rotatable bonds is 22. The average molecular weight is 1290 g/mol. The summed E-state index contributed by atoms with van der Waals surface area (Å²) in [6, 6.07) is 13.5. The summed E-state index contributed by atoms with van der Waals surface area (Å²) in [5, 5.41) is 9.50. The zero-order valence-electron chi connectivity index (χ0n) is 53.1. The zero-order chi connectivity index (χ0) is 65.9. The maximum atomic E-state index is 14.8. The number of nitrogens with zero attached hydrogens (tertiary/aromatic N) is 1. The number of hydrogen-bond donors (Lipinski definition) is 0. The van der Waals surface area contributed by atoms with Gasteiger partial charge in [-0.25, -0.2) is 4.57 Å². The Morgan fingerprint density at radius 2 is 1.32 bits per heavy atom. The lowest BCUT2D eigenvalue weighted by Gasteiger charge is -2.64. The van der Waals surface area contributed by atoms with Crippen LogP contribution in [0.25, 0.3) is 0 Å². The van der Waals surface area contributed by atoms with E-state index >= 15 is 0 Å². The number of Topliss-reactive ketones (excluding diaryl/α,β-unsaturated/α-hetero) is 1.